The van der Waals surface area contributed by atoms with Crippen LogP contribution in [0.15, 0.2) is 54.9 Å². The van der Waals surface area contributed by atoms with Crippen LogP contribution in [0.1, 0.15) is 11.1 Å². The molecular weight excluding hydrogens is 324 g/mol. The van der Waals surface area contributed by atoms with Crippen LogP contribution in [-0.2, 0) is 13.1 Å². The van der Waals surface area contributed by atoms with E-state index in [1.165, 1.54) is 5.56 Å². The third-order valence-electron chi connectivity index (χ3n) is 4.35. The minimum absolute atomic E-state index is 0.647. The molecule has 2 heterocycles. The largest absolute Gasteiger partial charge is 0.355 e. The van der Waals surface area contributed by atoms with Crippen LogP contribution in [0.4, 0.5) is 5.82 Å². The summed E-state index contributed by atoms with van der Waals surface area (Å²) in [4.78, 5) is 8.95. The van der Waals surface area contributed by atoms with Crippen molar-refractivity contribution in [3.05, 3.63) is 66.0 Å². The molecule has 136 valence electrons. The fraction of sp³-hybridized carbons (Fsp3) is 0.300. The fourth-order valence-corrected chi connectivity index (χ4v) is 2.97. The van der Waals surface area contributed by atoms with Gasteiger partial charge in [-0.25, -0.2) is 4.98 Å². The number of H-pyrrole nitrogens is 1. The number of likely N-dealkylation sites (N-methyl/N-ethyl adjacent to an activating group) is 1. The highest BCUT2D eigenvalue weighted by molar-refractivity contribution is 5.63. The smallest absolute Gasteiger partial charge is 0.128 e. The maximum absolute atomic E-state index is 5.63. The molecule has 3 rings (SSSR count). The molecule has 0 aliphatic carbocycles. The lowest BCUT2D eigenvalue weighted by Gasteiger charge is -2.18. The second-order valence-corrected chi connectivity index (χ2v) is 6.53. The number of rotatable bonds is 8. The van der Waals surface area contributed by atoms with Crippen molar-refractivity contribution in [2.75, 3.05) is 32.1 Å². The number of aromatic amines is 1. The third-order valence-corrected chi connectivity index (χ3v) is 4.35. The standard InChI is InChI=1S/C20H26N6/c1-25(11-10-21)15-18-13-23-24-20(18)17-8-9-19(22-12-17)26(2)14-16-6-4-3-5-7-16/h3-9,12-13H,10-11,14-15,21H2,1-2H3,(H,23,24). The van der Waals surface area contributed by atoms with Crippen molar-refractivity contribution in [3.63, 3.8) is 0 Å². The number of hydrogen-bond acceptors (Lipinski definition) is 5. The van der Waals surface area contributed by atoms with Crippen molar-refractivity contribution in [3.8, 4) is 11.3 Å². The van der Waals surface area contributed by atoms with E-state index in [0.717, 1.165) is 42.3 Å². The first-order valence-corrected chi connectivity index (χ1v) is 8.80. The van der Waals surface area contributed by atoms with Crippen LogP contribution in [0.5, 0.6) is 0 Å². The van der Waals surface area contributed by atoms with Crippen LogP contribution in [-0.4, -0.2) is 47.3 Å². The molecular formula is C20H26N6. The highest BCUT2D eigenvalue weighted by atomic mass is 15.2. The molecule has 0 bridgehead atoms. The summed E-state index contributed by atoms with van der Waals surface area (Å²) in [6.45, 7) is 3.13. The number of nitrogens with one attached hydrogen (secondary N) is 1. The van der Waals surface area contributed by atoms with E-state index in [1.54, 1.807) is 0 Å². The van der Waals surface area contributed by atoms with Crippen LogP contribution >= 0.6 is 0 Å². The van der Waals surface area contributed by atoms with Gasteiger partial charge in [-0.2, -0.15) is 5.10 Å². The Hall–Kier alpha value is -2.70. The zero-order valence-electron chi connectivity index (χ0n) is 15.4. The summed E-state index contributed by atoms with van der Waals surface area (Å²) in [5.74, 6) is 0.940. The van der Waals surface area contributed by atoms with Crippen molar-refractivity contribution in [1.29, 1.82) is 0 Å². The van der Waals surface area contributed by atoms with Gasteiger partial charge in [0.05, 0.1) is 5.69 Å². The molecule has 0 aliphatic heterocycles. The zero-order chi connectivity index (χ0) is 18.4. The summed E-state index contributed by atoms with van der Waals surface area (Å²) in [6, 6.07) is 14.5. The average molecular weight is 350 g/mol. The van der Waals surface area contributed by atoms with Gasteiger partial charge < -0.3 is 15.5 Å². The molecule has 6 heteroatoms. The van der Waals surface area contributed by atoms with Crippen molar-refractivity contribution in [1.82, 2.24) is 20.1 Å². The Kier molecular flexibility index (Phi) is 5.99. The number of anilines is 1. The first-order valence-electron chi connectivity index (χ1n) is 8.80. The Balaban J connectivity index is 1.71. The summed E-state index contributed by atoms with van der Waals surface area (Å²) in [7, 11) is 4.11. The third kappa shape index (κ3) is 4.47. The van der Waals surface area contributed by atoms with Gasteiger partial charge in [-0.15, -0.1) is 0 Å². The van der Waals surface area contributed by atoms with Crippen LogP contribution in [0.25, 0.3) is 11.3 Å². The van der Waals surface area contributed by atoms with Crippen LogP contribution in [0.3, 0.4) is 0 Å². The molecule has 0 saturated carbocycles. The van der Waals surface area contributed by atoms with Gasteiger partial charge in [-0.1, -0.05) is 30.3 Å². The molecule has 0 unspecified atom stereocenters. The van der Waals surface area contributed by atoms with Gasteiger partial charge in [0, 0.05) is 56.7 Å². The first-order chi connectivity index (χ1) is 12.7. The van der Waals surface area contributed by atoms with E-state index < -0.39 is 0 Å². The van der Waals surface area contributed by atoms with Crippen molar-refractivity contribution < 1.29 is 0 Å². The van der Waals surface area contributed by atoms with E-state index in [4.69, 9.17) is 5.73 Å². The topological polar surface area (TPSA) is 74.1 Å². The summed E-state index contributed by atoms with van der Waals surface area (Å²) in [5, 5.41) is 7.37. The maximum atomic E-state index is 5.63. The number of aromatic nitrogens is 3. The number of nitrogens with two attached hydrogens (primary N) is 1. The van der Waals surface area contributed by atoms with E-state index in [2.05, 4.69) is 69.4 Å². The van der Waals surface area contributed by atoms with Gasteiger partial charge in [0.2, 0.25) is 0 Å². The van der Waals surface area contributed by atoms with Gasteiger partial charge in [-0.3, -0.25) is 5.10 Å². The Labute approximate surface area is 154 Å². The van der Waals surface area contributed by atoms with E-state index >= 15 is 0 Å². The quantitative estimate of drug-likeness (QED) is 0.653. The van der Waals surface area contributed by atoms with Crippen LogP contribution < -0.4 is 10.6 Å². The van der Waals surface area contributed by atoms with Crippen LogP contribution in [0.2, 0.25) is 0 Å². The Morgan fingerprint density at radius 1 is 1.04 bits per heavy atom. The normalized spacial score (nSPS) is 11.1. The van der Waals surface area contributed by atoms with Crippen LogP contribution in [0, 0.1) is 0 Å². The molecule has 0 radical (unpaired) electrons. The number of pyridine rings is 1. The second kappa shape index (κ2) is 8.60. The van der Waals surface area contributed by atoms with Gasteiger partial charge >= 0.3 is 0 Å². The Bertz CT molecular complexity index is 797. The molecule has 3 N–H and O–H groups in total. The highest BCUT2D eigenvalue weighted by Crippen LogP contribution is 2.23. The molecule has 0 aliphatic rings. The molecule has 26 heavy (non-hydrogen) atoms. The van der Waals surface area contributed by atoms with E-state index in [1.807, 2.05) is 24.5 Å². The lowest BCUT2D eigenvalue weighted by Crippen LogP contribution is -2.25. The maximum Gasteiger partial charge on any atom is 0.128 e. The average Bonchev–Trinajstić information content (AvgIpc) is 3.11. The predicted molar refractivity (Wildman–Crippen MR) is 106 cm³/mol. The van der Waals surface area contributed by atoms with Gasteiger partial charge in [-0.05, 0) is 24.7 Å². The lowest BCUT2D eigenvalue weighted by atomic mass is 10.1. The van der Waals surface area contributed by atoms with Gasteiger partial charge in [0.1, 0.15) is 5.82 Å². The highest BCUT2D eigenvalue weighted by Gasteiger charge is 2.12. The Morgan fingerprint density at radius 3 is 2.54 bits per heavy atom. The molecule has 0 amide bonds. The molecule has 2 aromatic heterocycles. The lowest BCUT2D eigenvalue weighted by molar-refractivity contribution is 0.337. The van der Waals surface area contributed by atoms with E-state index in [9.17, 15) is 0 Å². The molecule has 3 aromatic rings. The minimum Gasteiger partial charge on any atom is -0.355 e. The number of benzene rings is 1. The van der Waals surface area contributed by atoms with Crippen molar-refractivity contribution >= 4 is 5.82 Å². The van der Waals surface area contributed by atoms with Crippen molar-refractivity contribution in [2.45, 2.75) is 13.1 Å². The predicted octanol–water partition coefficient (Wildman–Crippen LogP) is 2.50. The SMILES string of the molecule is CN(CCN)Cc1c[nH]nc1-c1ccc(N(C)Cc2ccccc2)nc1. The van der Waals surface area contributed by atoms with Gasteiger partial charge in [0.15, 0.2) is 0 Å². The number of nitrogens with zero attached hydrogens (tertiary/aromatic N) is 4. The summed E-state index contributed by atoms with van der Waals surface area (Å²) in [5.41, 5.74) is 9.99. The molecule has 0 saturated heterocycles. The second-order valence-electron chi connectivity index (χ2n) is 6.53. The number of hydrogen-bond donors (Lipinski definition) is 2. The summed E-state index contributed by atoms with van der Waals surface area (Å²) >= 11 is 0. The van der Waals surface area contributed by atoms with E-state index in [0.29, 0.717) is 6.54 Å². The molecule has 1 aromatic carbocycles. The molecule has 0 spiro atoms. The monoisotopic (exact) mass is 350 g/mol. The Morgan fingerprint density at radius 2 is 1.85 bits per heavy atom. The summed E-state index contributed by atoms with van der Waals surface area (Å²) < 4.78 is 0. The summed E-state index contributed by atoms with van der Waals surface area (Å²) in [6.07, 6.45) is 3.83. The molecule has 0 fully saturated rings. The minimum atomic E-state index is 0.647. The zero-order valence-corrected chi connectivity index (χ0v) is 15.4. The first kappa shape index (κ1) is 18.1. The van der Waals surface area contributed by atoms with Gasteiger partial charge in [0.25, 0.3) is 0 Å². The van der Waals surface area contributed by atoms with Crippen molar-refractivity contribution in [2.24, 2.45) is 5.73 Å². The fourth-order valence-electron chi connectivity index (χ4n) is 2.97. The molecule has 0 atom stereocenters. The van der Waals surface area contributed by atoms with E-state index in [-0.39, 0.29) is 0 Å². The molecule has 6 nitrogen and oxygen atoms in total.